The molecular weight excluding hydrogens is 330 g/mol. The topological polar surface area (TPSA) is 48.0 Å². The Bertz CT molecular complexity index is 785. The van der Waals surface area contributed by atoms with E-state index in [1.165, 1.54) is 5.56 Å². The van der Waals surface area contributed by atoms with E-state index >= 15 is 0 Å². The number of fused-ring (bicyclic) bond motifs is 1. The average molecular weight is 355 g/mol. The summed E-state index contributed by atoms with van der Waals surface area (Å²) < 4.78 is 16.6. The third kappa shape index (κ3) is 3.77. The number of benzene rings is 2. The summed E-state index contributed by atoms with van der Waals surface area (Å²) in [6, 6.07) is 11.7. The molecule has 1 atom stereocenters. The Morgan fingerprint density at radius 2 is 1.65 bits per heavy atom. The minimum Gasteiger partial charge on any atom is -0.493 e. The lowest BCUT2D eigenvalue weighted by atomic mass is 9.98. The van der Waals surface area contributed by atoms with Gasteiger partial charge in [-0.3, -0.25) is 4.79 Å². The highest BCUT2D eigenvalue weighted by molar-refractivity contribution is 5.81. The summed E-state index contributed by atoms with van der Waals surface area (Å²) in [5.41, 5.74) is 3.44. The fourth-order valence-corrected chi connectivity index (χ4v) is 3.20. The van der Waals surface area contributed by atoms with Crippen LogP contribution in [-0.2, 0) is 17.8 Å². The number of amides is 1. The molecule has 138 valence electrons. The molecule has 1 heterocycles. The van der Waals surface area contributed by atoms with Crippen molar-refractivity contribution in [2.45, 2.75) is 32.9 Å². The smallest absolute Gasteiger partial charge is 0.263 e. The van der Waals surface area contributed by atoms with Crippen molar-refractivity contribution in [1.29, 1.82) is 0 Å². The molecule has 0 aliphatic carbocycles. The summed E-state index contributed by atoms with van der Waals surface area (Å²) in [5, 5.41) is 0. The van der Waals surface area contributed by atoms with E-state index in [9.17, 15) is 4.79 Å². The van der Waals surface area contributed by atoms with Crippen molar-refractivity contribution in [1.82, 2.24) is 4.90 Å². The summed E-state index contributed by atoms with van der Waals surface area (Å²) in [7, 11) is 3.25. The molecule has 0 aromatic heterocycles. The van der Waals surface area contributed by atoms with Crippen LogP contribution in [-0.4, -0.2) is 37.7 Å². The van der Waals surface area contributed by atoms with Gasteiger partial charge in [0.15, 0.2) is 17.6 Å². The summed E-state index contributed by atoms with van der Waals surface area (Å²) >= 11 is 0. The maximum Gasteiger partial charge on any atom is 0.263 e. The van der Waals surface area contributed by atoms with Gasteiger partial charge in [0.25, 0.3) is 5.91 Å². The van der Waals surface area contributed by atoms with Gasteiger partial charge >= 0.3 is 0 Å². The maximum atomic E-state index is 12.8. The molecule has 0 saturated carbocycles. The van der Waals surface area contributed by atoms with Crippen LogP contribution in [0.2, 0.25) is 0 Å². The first-order chi connectivity index (χ1) is 12.5. The van der Waals surface area contributed by atoms with Crippen LogP contribution in [0.15, 0.2) is 36.4 Å². The molecule has 0 fully saturated rings. The van der Waals surface area contributed by atoms with Crippen LogP contribution in [0.4, 0.5) is 0 Å². The second kappa shape index (κ2) is 7.68. The molecule has 0 saturated heterocycles. The molecular formula is C21H25NO4. The minimum absolute atomic E-state index is 0.00832. The average Bonchev–Trinajstić information content (AvgIpc) is 2.67. The molecule has 5 heteroatoms. The first-order valence-corrected chi connectivity index (χ1v) is 8.77. The standard InChI is InChI=1S/C21H25NO4/c1-14-5-7-18(8-6-14)26-15(2)21(23)22-10-9-16-11-19(24-3)20(25-4)12-17(16)13-22/h5-8,11-12,15H,9-10,13H2,1-4H3. The molecule has 0 N–H and O–H groups in total. The zero-order valence-corrected chi connectivity index (χ0v) is 15.7. The number of carbonyl (C=O) groups excluding carboxylic acids is 1. The van der Waals surface area contributed by atoms with Gasteiger partial charge in [-0.1, -0.05) is 17.7 Å². The maximum absolute atomic E-state index is 12.8. The van der Waals surface area contributed by atoms with Crippen LogP contribution < -0.4 is 14.2 Å². The molecule has 3 rings (SSSR count). The highest BCUT2D eigenvalue weighted by Gasteiger charge is 2.27. The number of rotatable bonds is 5. The van der Waals surface area contributed by atoms with Crippen molar-refractivity contribution in [3.63, 3.8) is 0 Å². The highest BCUT2D eigenvalue weighted by atomic mass is 16.5. The Balaban J connectivity index is 1.71. The Morgan fingerprint density at radius 1 is 1.04 bits per heavy atom. The lowest BCUT2D eigenvalue weighted by molar-refractivity contribution is -0.138. The molecule has 1 aliphatic heterocycles. The molecule has 0 spiro atoms. The van der Waals surface area contributed by atoms with E-state index in [4.69, 9.17) is 14.2 Å². The quantitative estimate of drug-likeness (QED) is 0.825. The van der Waals surface area contributed by atoms with Crippen LogP contribution in [0.5, 0.6) is 17.2 Å². The van der Waals surface area contributed by atoms with Gasteiger partial charge in [0, 0.05) is 13.1 Å². The predicted molar refractivity (Wildman–Crippen MR) is 99.9 cm³/mol. The summed E-state index contributed by atoms with van der Waals surface area (Å²) in [4.78, 5) is 14.6. The summed E-state index contributed by atoms with van der Waals surface area (Å²) in [5.74, 6) is 2.11. The predicted octanol–water partition coefficient (Wildman–Crippen LogP) is 3.36. The number of methoxy groups -OCH3 is 2. The largest absolute Gasteiger partial charge is 0.493 e. The van der Waals surface area contributed by atoms with Gasteiger partial charge in [-0.2, -0.15) is 0 Å². The number of hydrogen-bond donors (Lipinski definition) is 0. The molecule has 1 amide bonds. The normalized spacial score (nSPS) is 14.4. The molecule has 0 radical (unpaired) electrons. The van der Waals surface area contributed by atoms with E-state index in [0.29, 0.717) is 24.6 Å². The van der Waals surface area contributed by atoms with Gasteiger partial charge in [0.05, 0.1) is 14.2 Å². The molecule has 2 aromatic carbocycles. The molecule has 5 nitrogen and oxygen atoms in total. The number of nitrogens with zero attached hydrogens (tertiary/aromatic N) is 1. The van der Waals surface area contributed by atoms with Gasteiger partial charge < -0.3 is 19.1 Å². The number of hydrogen-bond acceptors (Lipinski definition) is 4. The third-order valence-electron chi connectivity index (χ3n) is 4.71. The monoisotopic (exact) mass is 355 g/mol. The lowest BCUT2D eigenvalue weighted by Gasteiger charge is -2.31. The van der Waals surface area contributed by atoms with Crippen LogP contribution >= 0.6 is 0 Å². The lowest BCUT2D eigenvalue weighted by Crippen LogP contribution is -2.43. The fourth-order valence-electron chi connectivity index (χ4n) is 3.20. The van der Waals surface area contributed by atoms with E-state index in [1.807, 2.05) is 48.2 Å². The first-order valence-electron chi connectivity index (χ1n) is 8.77. The van der Waals surface area contributed by atoms with Crippen molar-refractivity contribution in [3.05, 3.63) is 53.1 Å². The van der Waals surface area contributed by atoms with Crippen LogP contribution in [0.3, 0.4) is 0 Å². The van der Waals surface area contributed by atoms with Gasteiger partial charge in [0.1, 0.15) is 5.75 Å². The second-order valence-electron chi connectivity index (χ2n) is 6.56. The molecule has 2 aromatic rings. The van der Waals surface area contributed by atoms with E-state index < -0.39 is 6.10 Å². The Hall–Kier alpha value is -2.69. The van der Waals surface area contributed by atoms with Crippen molar-refractivity contribution in [2.75, 3.05) is 20.8 Å². The molecule has 1 aliphatic rings. The number of aryl methyl sites for hydroxylation is 1. The number of carbonyl (C=O) groups is 1. The Labute approximate surface area is 154 Å². The van der Waals surface area contributed by atoms with Crippen molar-refractivity contribution in [2.24, 2.45) is 0 Å². The summed E-state index contributed by atoms with van der Waals surface area (Å²) in [6.07, 6.45) is 0.262. The first kappa shape index (κ1) is 18.1. The summed E-state index contributed by atoms with van der Waals surface area (Å²) in [6.45, 7) is 5.04. The second-order valence-corrected chi connectivity index (χ2v) is 6.56. The molecule has 1 unspecified atom stereocenters. The zero-order valence-electron chi connectivity index (χ0n) is 15.7. The molecule has 0 bridgehead atoms. The van der Waals surface area contributed by atoms with Crippen molar-refractivity contribution in [3.8, 4) is 17.2 Å². The minimum atomic E-state index is -0.528. The SMILES string of the molecule is COc1cc2c(cc1OC)CN(C(=O)C(C)Oc1ccc(C)cc1)CC2. The van der Waals surface area contributed by atoms with Crippen LogP contribution in [0, 0.1) is 6.92 Å². The zero-order chi connectivity index (χ0) is 18.7. The van der Waals surface area contributed by atoms with E-state index in [-0.39, 0.29) is 5.91 Å². The van der Waals surface area contributed by atoms with Gasteiger partial charge in [-0.25, -0.2) is 0 Å². The van der Waals surface area contributed by atoms with Gasteiger partial charge in [0.2, 0.25) is 0 Å². The van der Waals surface area contributed by atoms with Gasteiger partial charge in [-0.15, -0.1) is 0 Å². The highest BCUT2D eigenvalue weighted by Crippen LogP contribution is 2.33. The van der Waals surface area contributed by atoms with E-state index in [2.05, 4.69) is 0 Å². The van der Waals surface area contributed by atoms with Gasteiger partial charge in [-0.05, 0) is 55.7 Å². The Morgan fingerprint density at radius 3 is 2.27 bits per heavy atom. The van der Waals surface area contributed by atoms with Crippen molar-refractivity contribution < 1.29 is 19.0 Å². The van der Waals surface area contributed by atoms with E-state index in [0.717, 1.165) is 23.3 Å². The van der Waals surface area contributed by atoms with Crippen LogP contribution in [0.25, 0.3) is 0 Å². The van der Waals surface area contributed by atoms with Crippen molar-refractivity contribution >= 4 is 5.91 Å². The number of ether oxygens (including phenoxy) is 3. The van der Waals surface area contributed by atoms with Crippen LogP contribution in [0.1, 0.15) is 23.6 Å². The van der Waals surface area contributed by atoms with E-state index in [1.54, 1.807) is 21.1 Å². The molecule has 26 heavy (non-hydrogen) atoms. The Kier molecular flexibility index (Phi) is 5.35. The fraction of sp³-hybridized carbons (Fsp3) is 0.381. The third-order valence-corrected chi connectivity index (χ3v) is 4.71.